The third-order valence-electron chi connectivity index (χ3n) is 2.35. The van der Waals surface area contributed by atoms with Gasteiger partial charge < -0.3 is 14.0 Å². The average Bonchev–Trinajstić information content (AvgIpc) is 2.50. The third-order valence-corrected chi connectivity index (χ3v) is 3.60. The highest BCUT2D eigenvalue weighted by Gasteiger charge is 2.28. The molecule has 7 nitrogen and oxygen atoms in total. The lowest BCUT2D eigenvalue weighted by molar-refractivity contribution is -0.140. The van der Waals surface area contributed by atoms with Gasteiger partial charge in [-0.05, 0) is 5.56 Å². The molecule has 1 aromatic carbocycles. The van der Waals surface area contributed by atoms with Crippen molar-refractivity contribution in [3.05, 3.63) is 35.9 Å². The molecule has 2 unspecified atom stereocenters. The average molecular weight is 301 g/mol. The van der Waals surface area contributed by atoms with Crippen LogP contribution in [-0.2, 0) is 30.0 Å². The monoisotopic (exact) mass is 301 g/mol. The normalized spacial score (nSPS) is 13.1. The fraction of sp³-hybridized carbons (Fsp3) is 0.333. The first kappa shape index (κ1) is 16.2. The summed E-state index contributed by atoms with van der Waals surface area (Å²) in [6, 6.07) is 9.00. The number of alkyl carbamates (subject to hydrolysis) is 1. The van der Waals surface area contributed by atoms with Gasteiger partial charge in [-0.1, -0.05) is 30.3 Å². The fourth-order valence-electron chi connectivity index (χ4n) is 1.33. The fourth-order valence-corrected chi connectivity index (χ4v) is 2.11. The molecule has 1 N–H and O–H groups in total. The van der Waals surface area contributed by atoms with Crippen LogP contribution in [0.1, 0.15) is 5.56 Å². The van der Waals surface area contributed by atoms with Gasteiger partial charge in [0.2, 0.25) is 13.8 Å². The Bertz CT molecular complexity index is 462. The van der Waals surface area contributed by atoms with Gasteiger partial charge in [0.05, 0.1) is 7.11 Å². The van der Waals surface area contributed by atoms with E-state index in [0.717, 1.165) is 12.7 Å². The van der Waals surface area contributed by atoms with Crippen molar-refractivity contribution in [3.63, 3.8) is 0 Å². The van der Waals surface area contributed by atoms with Gasteiger partial charge in [0.25, 0.3) is 0 Å². The largest absolute Gasteiger partial charge is 0.467 e. The highest BCUT2D eigenvalue weighted by Crippen LogP contribution is 2.27. The second-order valence-electron chi connectivity index (χ2n) is 3.69. The van der Waals surface area contributed by atoms with Gasteiger partial charge in [0, 0.05) is 7.11 Å². The van der Waals surface area contributed by atoms with Crippen LogP contribution in [0.4, 0.5) is 4.79 Å². The summed E-state index contributed by atoms with van der Waals surface area (Å²) in [6.07, 6.45) is -0.875. The Balaban J connectivity index is 2.54. The molecule has 0 aromatic heterocycles. The summed E-state index contributed by atoms with van der Waals surface area (Å²) in [7, 11) is -0.495. The second kappa shape index (κ2) is 8.35. The van der Waals surface area contributed by atoms with Crippen LogP contribution in [0.5, 0.6) is 0 Å². The number of ether oxygens (including phenoxy) is 2. The molecule has 1 rings (SSSR count). The predicted molar refractivity (Wildman–Crippen MR) is 71.6 cm³/mol. The van der Waals surface area contributed by atoms with Crippen molar-refractivity contribution in [2.24, 2.45) is 0 Å². The Labute approximate surface area is 117 Å². The maximum absolute atomic E-state index is 11.5. The van der Waals surface area contributed by atoms with Gasteiger partial charge >= 0.3 is 12.1 Å². The standard InChI is InChI=1S/C12H16NO6P/c1-17-11(14)10(20(16)18-2)13-12(15)19-8-9-6-4-3-5-7-9/h3-7,10,20H,8H2,1-2H3,(H,13,15). The Morgan fingerprint density at radius 2 is 1.90 bits per heavy atom. The molecule has 0 bridgehead atoms. The van der Waals surface area contributed by atoms with Crippen LogP contribution in [0.15, 0.2) is 30.3 Å². The number of nitrogens with one attached hydrogen (secondary N) is 1. The van der Waals surface area contributed by atoms with E-state index in [2.05, 4.69) is 14.6 Å². The minimum atomic E-state index is -2.79. The summed E-state index contributed by atoms with van der Waals surface area (Å²) in [5, 5.41) is 2.16. The van der Waals surface area contributed by atoms with Gasteiger partial charge in [-0.15, -0.1) is 0 Å². The first-order valence-electron chi connectivity index (χ1n) is 5.71. The number of methoxy groups -OCH3 is 1. The van der Waals surface area contributed by atoms with Gasteiger partial charge in [-0.3, -0.25) is 9.88 Å². The van der Waals surface area contributed by atoms with E-state index in [1.807, 2.05) is 6.07 Å². The number of hydrogen-bond acceptors (Lipinski definition) is 6. The van der Waals surface area contributed by atoms with Crippen LogP contribution >= 0.6 is 8.03 Å². The lowest BCUT2D eigenvalue weighted by Gasteiger charge is -2.15. The van der Waals surface area contributed by atoms with Crippen LogP contribution in [-0.4, -0.2) is 32.1 Å². The first-order chi connectivity index (χ1) is 9.58. The Morgan fingerprint density at radius 3 is 2.45 bits per heavy atom. The minimum Gasteiger partial charge on any atom is -0.467 e. The Morgan fingerprint density at radius 1 is 1.25 bits per heavy atom. The molecule has 0 spiro atoms. The number of esters is 1. The number of hydrogen-bond donors (Lipinski definition) is 1. The summed E-state index contributed by atoms with van der Waals surface area (Å²) in [6.45, 7) is 0.0362. The van der Waals surface area contributed by atoms with Crippen molar-refractivity contribution < 1.29 is 28.2 Å². The van der Waals surface area contributed by atoms with Gasteiger partial charge in [-0.25, -0.2) is 9.59 Å². The zero-order valence-corrected chi connectivity index (χ0v) is 12.1. The lowest BCUT2D eigenvalue weighted by Crippen LogP contribution is -2.39. The molecule has 0 aliphatic heterocycles. The summed E-state index contributed by atoms with van der Waals surface area (Å²) in [5.74, 6) is -2.22. The van der Waals surface area contributed by atoms with E-state index in [4.69, 9.17) is 4.74 Å². The zero-order chi connectivity index (χ0) is 15.0. The van der Waals surface area contributed by atoms with Gasteiger partial charge in [0.15, 0.2) is 0 Å². The number of benzene rings is 1. The van der Waals surface area contributed by atoms with Crippen molar-refractivity contribution in [1.82, 2.24) is 5.32 Å². The van der Waals surface area contributed by atoms with E-state index in [1.54, 1.807) is 24.3 Å². The molecule has 0 radical (unpaired) electrons. The summed E-state index contributed by atoms with van der Waals surface area (Å²) in [5.41, 5.74) is 0.789. The van der Waals surface area contributed by atoms with Crippen molar-refractivity contribution in [2.75, 3.05) is 14.2 Å². The van der Waals surface area contributed by atoms with E-state index >= 15 is 0 Å². The molecular weight excluding hydrogens is 285 g/mol. The van der Waals surface area contributed by atoms with Crippen LogP contribution in [0.3, 0.4) is 0 Å². The van der Waals surface area contributed by atoms with Crippen molar-refractivity contribution in [1.29, 1.82) is 0 Å². The highest BCUT2D eigenvalue weighted by molar-refractivity contribution is 7.41. The predicted octanol–water partition coefficient (Wildman–Crippen LogP) is 1.53. The van der Waals surface area contributed by atoms with E-state index in [1.165, 1.54) is 7.11 Å². The molecular formula is C12H16NO6P. The molecule has 0 heterocycles. The number of rotatable bonds is 6. The van der Waals surface area contributed by atoms with Crippen molar-refractivity contribution in [3.8, 4) is 0 Å². The van der Waals surface area contributed by atoms with E-state index in [9.17, 15) is 14.2 Å². The van der Waals surface area contributed by atoms with Crippen molar-refractivity contribution >= 4 is 20.1 Å². The summed E-state index contributed by atoms with van der Waals surface area (Å²) >= 11 is 0. The van der Waals surface area contributed by atoms with Crippen LogP contribution in [0.25, 0.3) is 0 Å². The Hall–Kier alpha value is -1.85. The molecule has 1 aromatic rings. The van der Waals surface area contributed by atoms with Crippen LogP contribution in [0.2, 0.25) is 0 Å². The molecule has 20 heavy (non-hydrogen) atoms. The molecule has 0 aliphatic carbocycles. The first-order valence-corrected chi connectivity index (χ1v) is 7.10. The third kappa shape index (κ3) is 5.03. The SMILES string of the molecule is COC(=O)C(NC(=O)OCc1ccccc1)[PH](=O)OC. The molecule has 0 fully saturated rings. The van der Waals surface area contributed by atoms with E-state index in [0.29, 0.717) is 0 Å². The van der Waals surface area contributed by atoms with Gasteiger partial charge in [0.1, 0.15) is 6.61 Å². The highest BCUT2D eigenvalue weighted by atomic mass is 31.1. The molecule has 2 atom stereocenters. The van der Waals surface area contributed by atoms with E-state index in [-0.39, 0.29) is 6.61 Å². The molecule has 0 saturated heterocycles. The molecule has 8 heteroatoms. The van der Waals surface area contributed by atoms with Crippen LogP contribution < -0.4 is 5.32 Å². The summed E-state index contributed by atoms with van der Waals surface area (Å²) in [4.78, 5) is 22.9. The smallest absolute Gasteiger partial charge is 0.408 e. The quantitative estimate of drug-likeness (QED) is 0.633. The molecule has 110 valence electrons. The Kier molecular flexibility index (Phi) is 6.76. The zero-order valence-electron chi connectivity index (χ0n) is 11.1. The molecule has 0 saturated carbocycles. The molecule has 1 amide bonds. The molecule has 0 aliphatic rings. The lowest BCUT2D eigenvalue weighted by atomic mass is 10.2. The maximum atomic E-state index is 11.5. The second-order valence-corrected chi connectivity index (χ2v) is 5.31. The number of amides is 1. The van der Waals surface area contributed by atoms with Crippen LogP contribution in [0, 0.1) is 0 Å². The topological polar surface area (TPSA) is 90.9 Å². The van der Waals surface area contributed by atoms with Crippen molar-refractivity contribution in [2.45, 2.75) is 12.4 Å². The van der Waals surface area contributed by atoms with E-state index < -0.39 is 25.9 Å². The summed E-state index contributed by atoms with van der Waals surface area (Å²) < 4.78 is 25.4. The number of carbonyl (C=O) groups excluding carboxylic acids is 2. The number of carbonyl (C=O) groups is 2. The minimum absolute atomic E-state index is 0.0362. The maximum Gasteiger partial charge on any atom is 0.408 e. The van der Waals surface area contributed by atoms with Gasteiger partial charge in [-0.2, -0.15) is 0 Å².